The van der Waals surface area contributed by atoms with E-state index >= 15 is 0 Å². The highest BCUT2D eigenvalue weighted by Gasteiger charge is 2.29. The summed E-state index contributed by atoms with van der Waals surface area (Å²) in [7, 11) is 0. The Bertz CT molecular complexity index is 245. The molecule has 0 radical (unpaired) electrons. The average Bonchev–Trinajstić information content (AvgIpc) is 2.18. The van der Waals surface area contributed by atoms with Crippen LogP contribution in [0, 0.1) is 5.92 Å². The minimum absolute atomic E-state index is 0.0564. The van der Waals surface area contributed by atoms with Gasteiger partial charge in [-0.15, -0.1) is 11.8 Å². The summed E-state index contributed by atoms with van der Waals surface area (Å²) in [6.07, 6.45) is 2.36. The van der Waals surface area contributed by atoms with Gasteiger partial charge in [0.2, 0.25) is 5.91 Å². The molecule has 0 aliphatic rings. The zero-order valence-electron chi connectivity index (χ0n) is 10.1. The molecule has 0 saturated carbocycles. The smallest absolute Gasteiger partial charge is 0.316 e. The first-order valence-electron chi connectivity index (χ1n) is 5.61. The lowest BCUT2D eigenvalue weighted by atomic mass is 10.0. The summed E-state index contributed by atoms with van der Waals surface area (Å²) in [4.78, 5) is 22.2. The molecule has 3 atom stereocenters. The van der Waals surface area contributed by atoms with Crippen LogP contribution in [0.3, 0.4) is 0 Å². The minimum atomic E-state index is -0.856. The van der Waals surface area contributed by atoms with Gasteiger partial charge in [0.25, 0.3) is 0 Å². The van der Waals surface area contributed by atoms with Gasteiger partial charge in [0.05, 0.1) is 5.25 Å². The van der Waals surface area contributed by atoms with Gasteiger partial charge in [-0.25, -0.2) is 0 Å². The fraction of sp³-hybridized carbons (Fsp3) is 0.818. The summed E-state index contributed by atoms with van der Waals surface area (Å²) in [6.45, 7) is 5.76. The first kappa shape index (κ1) is 15.3. The maximum Gasteiger partial charge on any atom is 0.316 e. The number of thioether (sulfide) groups is 1. The van der Waals surface area contributed by atoms with Gasteiger partial charge in [-0.1, -0.05) is 27.2 Å². The van der Waals surface area contributed by atoms with Crippen molar-refractivity contribution >= 4 is 23.6 Å². The zero-order chi connectivity index (χ0) is 12.7. The third-order valence-corrected chi connectivity index (χ3v) is 4.36. The number of hydrogen-bond acceptors (Lipinski definition) is 3. The number of carboxylic acids is 1. The number of carbonyl (C=O) groups excluding carboxylic acids is 1. The van der Waals surface area contributed by atoms with E-state index in [1.807, 2.05) is 20.8 Å². The third kappa shape index (κ3) is 4.88. The molecule has 0 aromatic rings. The van der Waals surface area contributed by atoms with Gasteiger partial charge >= 0.3 is 5.97 Å². The standard InChI is InChI=1S/C11H21NO3S/c1-4-6-7(3)9(11(14)15)16-8(5-2)10(12)13/h7-9H,4-6H2,1-3H3,(H2,12,13)(H,14,15)/t7-,8-,9-/m0/s1. The van der Waals surface area contributed by atoms with Crippen molar-refractivity contribution < 1.29 is 14.7 Å². The van der Waals surface area contributed by atoms with Crippen LogP contribution < -0.4 is 5.73 Å². The molecular weight excluding hydrogens is 226 g/mol. The van der Waals surface area contributed by atoms with E-state index in [0.717, 1.165) is 12.8 Å². The third-order valence-electron chi connectivity index (χ3n) is 2.50. The Hall–Kier alpha value is -0.710. The van der Waals surface area contributed by atoms with Gasteiger partial charge in [-0.05, 0) is 18.8 Å². The molecule has 0 aromatic heterocycles. The summed E-state index contributed by atoms with van der Waals surface area (Å²) in [5.41, 5.74) is 5.22. The summed E-state index contributed by atoms with van der Waals surface area (Å²) < 4.78 is 0. The Morgan fingerprint density at radius 2 is 1.94 bits per heavy atom. The fourth-order valence-corrected chi connectivity index (χ4v) is 2.79. The fourth-order valence-electron chi connectivity index (χ4n) is 1.58. The maximum absolute atomic E-state index is 11.1. The largest absolute Gasteiger partial charge is 0.480 e. The molecule has 0 aromatic carbocycles. The van der Waals surface area contributed by atoms with Gasteiger partial charge in [0.1, 0.15) is 5.25 Å². The van der Waals surface area contributed by atoms with Crippen LogP contribution in [0.2, 0.25) is 0 Å². The molecular formula is C11H21NO3S. The molecule has 0 spiro atoms. The van der Waals surface area contributed by atoms with Crippen molar-refractivity contribution in [1.29, 1.82) is 0 Å². The average molecular weight is 247 g/mol. The molecule has 94 valence electrons. The Balaban J connectivity index is 4.54. The number of amides is 1. The maximum atomic E-state index is 11.1. The van der Waals surface area contributed by atoms with Crippen LogP contribution in [-0.4, -0.2) is 27.5 Å². The lowest BCUT2D eigenvalue weighted by Gasteiger charge is -2.22. The van der Waals surface area contributed by atoms with Crippen LogP contribution in [0.5, 0.6) is 0 Å². The first-order chi connectivity index (χ1) is 7.43. The van der Waals surface area contributed by atoms with E-state index in [0.29, 0.717) is 6.42 Å². The minimum Gasteiger partial charge on any atom is -0.480 e. The number of carbonyl (C=O) groups is 2. The van der Waals surface area contributed by atoms with Crippen molar-refractivity contribution in [2.24, 2.45) is 11.7 Å². The van der Waals surface area contributed by atoms with E-state index in [-0.39, 0.29) is 5.92 Å². The Kier molecular flexibility index (Phi) is 7.21. The molecule has 0 saturated heterocycles. The second kappa shape index (κ2) is 7.54. The number of carboxylic acid groups (broad SMARTS) is 1. The zero-order valence-corrected chi connectivity index (χ0v) is 10.9. The molecule has 3 N–H and O–H groups in total. The highest BCUT2D eigenvalue weighted by molar-refractivity contribution is 8.01. The quantitative estimate of drug-likeness (QED) is 0.686. The van der Waals surface area contributed by atoms with Crippen LogP contribution in [0.4, 0.5) is 0 Å². The van der Waals surface area contributed by atoms with E-state index in [4.69, 9.17) is 10.8 Å². The Morgan fingerprint density at radius 1 is 1.38 bits per heavy atom. The van der Waals surface area contributed by atoms with Crippen LogP contribution in [0.25, 0.3) is 0 Å². The molecule has 0 fully saturated rings. The van der Waals surface area contributed by atoms with Crippen LogP contribution in [0.15, 0.2) is 0 Å². The van der Waals surface area contributed by atoms with Crippen molar-refractivity contribution in [3.8, 4) is 0 Å². The van der Waals surface area contributed by atoms with Crippen molar-refractivity contribution in [3.05, 3.63) is 0 Å². The van der Waals surface area contributed by atoms with E-state index in [2.05, 4.69) is 0 Å². The predicted octanol–water partition coefficient (Wildman–Crippen LogP) is 1.87. The Labute approximate surface area is 101 Å². The molecule has 0 bridgehead atoms. The van der Waals surface area contributed by atoms with E-state index in [1.54, 1.807) is 0 Å². The number of hydrogen-bond donors (Lipinski definition) is 2. The molecule has 4 nitrogen and oxygen atoms in total. The molecule has 1 amide bonds. The van der Waals surface area contributed by atoms with Gasteiger partial charge in [0.15, 0.2) is 0 Å². The van der Waals surface area contributed by atoms with Crippen molar-refractivity contribution in [1.82, 2.24) is 0 Å². The van der Waals surface area contributed by atoms with E-state index in [9.17, 15) is 9.59 Å². The number of aliphatic carboxylic acids is 1. The number of rotatable bonds is 8. The first-order valence-corrected chi connectivity index (χ1v) is 6.55. The monoisotopic (exact) mass is 247 g/mol. The summed E-state index contributed by atoms with van der Waals surface area (Å²) in [5.74, 6) is -1.23. The second-order valence-corrected chi connectivity index (χ2v) is 5.31. The molecule has 0 aliphatic carbocycles. The van der Waals surface area contributed by atoms with Crippen molar-refractivity contribution in [2.75, 3.05) is 0 Å². The lowest BCUT2D eigenvalue weighted by molar-refractivity contribution is -0.137. The second-order valence-electron chi connectivity index (χ2n) is 3.96. The van der Waals surface area contributed by atoms with Crippen molar-refractivity contribution in [3.63, 3.8) is 0 Å². The summed E-state index contributed by atoms with van der Waals surface area (Å²) in [6, 6.07) is 0. The summed E-state index contributed by atoms with van der Waals surface area (Å²) >= 11 is 1.18. The molecule has 0 aliphatic heterocycles. The topological polar surface area (TPSA) is 80.4 Å². The molecule has 16 heavy (non-hydrogen) atoms. The van der Waals surface area contributed by atoms with E-state index < -0.39 is 22.4 Å². The number of nitrogens with two attached hydrogens (primary N) is 1. The highest BCUT2D eigenvalue weighted by Crippen LogP contribution is 2.28. The normalized spacial score (nSPS) is 16.4. The van der Waals surface area contributed by atoms with Gasteiger partial charge in [-0.2, -0.15) is 0 Å². The van der Waals surface area contributed by atoms with Gasteiger partial charge in [0, 0.05) is 0 Å². The predicted molar refractivity (Wildman–Crippen MR) is 66.4 cm³/mol. The van der Waals surface area contributed by atoms with Crippen molar-refractivity contribution in [2.45, 2.75) is 50.5 Å². The molecule has 0 rings (SSSR count). The molecule has 0 unspecified atom stereocenters. The molecule has 0 heterocycles. The van der Waals surface area contributed by atoms with Crippen LogP contribution in [-0.2, 0) is 9.59 Å². The Morgan fingerprint density at radius 3 is 2.25 bits per heavy atom. The lowest BCUT2D eigenvalue weighted by Crippen LogP contribution is -2.32. The van der Waals surface area contributed by atoms with Gasteiger partial charge < -0.3 is 10.8 Å². The molecule has 5 heteroatoms. The van der Waals surface area contributed by atoms with E-state index in [1.165, 1.54) is 11.8 Å². The van der Waals surface area contributed by atoms with Crippen LogP contribution in [0.1, 0.15) is 40.0 Å². The SMILES string of the molecule is CCC[C@H](C)[C@H](S[C@@H](CC)C(N)=O)C(=O)O. The summed E-state index contributed by atoms with van der Waals surface area (Å²) in [5, 5.41) is 8.18. The van der Waals surface area contributed by atoms with Crippen LogP contribution >= 0.6 is 11.8 Å². The van der Waals surface area contributed by atoms with Gasteiger partial charge in [-0.3, -0.25) is 9.59 Å². The highest BCUT2D eigenvalue weighted by atomic mass is 32.2. The number of primary amides is 1.